The summed E-state index contributed by atoms with van der Waals surface area (Å²) in [5.41, 5.74) is 9.16. The molecule has 2 aliphatic heterocycles. The maximum Gasteiger partial charge on any atom is 0.242 e. The molecule has 13 heteroatoms. The molecule has 4 amide bonds. The Labute approximate surface area is 233 Å². The summed E-state index contributed by atoms with van der Waals surface area (Å²) >= 11 is 0. The number of likely N-dealkylation sites (tertiary alicyclic amines) is 1. The Morgan fingerprint density at radius 1 is 1.18 bits per heavy atom. The molecule has 0 radical (unpaired) electrons. The van der Waals surface area contributed by atoms with E-state index in [2.05, 4.69) is 10.0 Å². The topological polar surface area (TPSA) is 182 Å². The standard InChI is InChI=1S/C27H38FN5O6S/c1-25(2,3)19(32-40(38,39)16-8-6-15(28)7-9-16)24(37)33-13-18-26(4,5)27(18,20(33)22(30)35)17(21(29)34)12-14-10-11-31-23(14)36/h6-9,14,17-20,32H,10-13H2,1-5H3,(H2,29,34)(H2,30,35)(H,31,36)/t14-,17-,18?,19-,20?,27?/m1/s1. The maximum absolute atomic E-state index is 14.1. The van der Waals surface area contributed by atoms with Crippen LogP contribution in [-0.4, -0.2) is 62.1 Å². The number of rotatable bonds is 9. The van der Waals surface area contributed by atoms with Crippen molar-refractivity contribution in [1.82, 2.24) is 14.9 Å². The van der Waals surface area contributed by atoms with Gasteiger partial charge in [0.05, 0.1) is 4.90 Å². The molecule has 0 aromatic heterocycles. The first-order valence-corrected chi connectivity index (χ1v) is 14.8. The van der Waals surface area contributed by atoms with Crippen LogP contribution in [0, 0.1) is 39.8 Å². The van der Waals surface area contributed by atoms with Crippen molar-refractivity contribution >= 4 is 33.7 Å². The number of benzene rings is 1. The van der Waals surface area contributed by atoms with Gasteiger partial charge in [0.25, 0.3) is 0 Å². The third-order valence-electron chi connectivity index (χ3n) is 9.29. The molecule has 1 aliphatic carbocycles. The quantitative estimate of drug-likeness (QED) is 0.330. The first-order valence-electron chi connectivity index (χ1n) is 13.3. The molecular formula is C27H38FN5O6S. The number of piperidine rings is 1. The van der Waals surface area contributed by atoms with Crippen molar-refractivity contribution in [1.29, 1.82) is 0 Å². The first kappa shape index (κ1) is 29.9. The first-order chi connectivity index (χ1) is 18.4. The molecule has 2 heterocycles. The summed E-state index contributed by atoms with van der Waals surface area (Å²) in [6.07, 6.45) is 0.637. The molecule has 2 saturated heterocycles. The van der Waals surface area contributed by atoms with Crippen LogP contribution in [-0.2, 0) is 29.2 Å². The molecule has 11 nitrogen and oxygen atoms in total. The van der Waals surface area contributed by atoms with Crippen LogP contribution >= 0.6 is 0 Å². The number of fused-ring (bicyclic) bond motifs is 1. The Balaban J connectivity index is 1.71. The van der Waals surface area contributed by atoms with Crippen LogP contribution in [0.3, 0.4) is 0 Å². The summed E-state index contributed by atoms with van der Waals surface area (Å²) in [6.45, 7) is 9.32. The summed E-state index contributed by atoms with van der Waals surface area (Å²) < 4.78 is 42.3. The second-order valence-electron chi connectivity index (χ2n) is 12.8. The van der Waals surface area contributed by atoms with Gasteiger partial charge < -0.3 is 21.7 Å². The predicted molar refractivity (Wildman–Crippen MR) is 143 cm³/mol. The molecule has 0 bridgehead atoms. The molecular weight excluding hydrogens is 541 g/mol. The lowest BCUT2D eigenvalue weighted by Crippen LogP contribution is -2.61. The van der Waals surface area contributed by atoms with Gasteiger partial charge in [-0.1, -0.05) is 34.6 Å². The van der Waals surface area contributed by atoms with E-state index in [1.807, 2.05) is 13.8 Å². The van der Waals surface area contributed by atoms with Crippen LogP contribution in [0.2, 0.25) is 0 Å². The minimum Gasteiger partial charge on any atom is -0.369 e. The monoisotopic (exact) mass is 579 g/mol. The largest absolute Gasteiger partial charge is 0.369 e. The Morgan fingerprint density at radius 2 is 1.77 bits per heavy atom. The Bertz CT molecular complexity index is 1340. The molecule has 6 N–H and O–H groups in total. The van der Waals surface area contributed by atoms with Crippen LogP contribution < -0.4 is 21.5 Å². The van der Waals surface area contributed by atoms with Crippen LogP contribution in [0.15, 0.2) is 29.2 Å². The van der Waals surface area contributed by atoms with Crippen molar-refractivity contribution in [3.05, 3.63) is 30.1 Å². The van der Waals surface area contributed by atoms with Crippen LogP contribution in [0.4, 0.5) is 4.39 Å². The molecule has 40 heavy (non-hydrogen) atoms. The number of sulfonamides is 1. The van der Waals surface area contributed by atoms with E-state index in [9.17, 15) is 32.0 Å². The SMILES string of the molecule is CC(C)(C)[C@H](NS(=O)(=O)c1ccc(F)cc1)C(=O)N1CC2C(C)(C)C2([C@H](C[C@H]2CCNC2=O)C(N)=O)C1C(N)=O. The van der Waals surface area contributed by atoms with E-state index >= 15 is 0 Å². The van der Waals surface area contributed by atoms with E-state index in [0.717, 1.165) is 24.3 Å². The number of hydrogen-bond donors (Lipinski definition) is 4. The molecule has 3 fully saturated rings. The van der Waals surface area contributed by atoms with Crippen molar-refractivity contribution < 1.29 is 32.0 Å². The number of carbonyl (C=O) groups excluding carboxylic acids is 4. The fourth-order valence-electron chi connectivity index (χ4n) is 7.21. The highest BCUT2D eigenvalue weighted by Gasteiger charge is 2.83. The Morgan fingerprint density at radius 3 is 2.25 bits per heavy atom. The van der Waals surface area contributed by atoms with Crippen molar-refractivity contribution in [2.45, 2.75) is 64.4 Å². The summed E-state index contributed by atoms with van der Waals surface area (Å²) in [5, 5.41) is 2.75. The molecule has 220 valence electrons. The summed E-state index contributed by atoms with van der Waals surface area (Å²) in [7, 11) is -4.26. The molecule has 1 aromatic rings. The predicted octanol–water partition coefficient (Wildman–Crippen LogP) is 0.485. The van der Waals surface area contributed by atoms with Gasteiger partial charge in [-0.2, -0.15) is 4.72 Å². The van der Waals surface area contributed by atoms with Crippen molar-refractivity contribution in [3.8, 4) is 0 Å². The number of carbonyl (C=O) groups is 4. The van der Waals surface area contributed by atoms with E-state index in [1.165, 1.54) is 4.90 Å². The normalized spacial score (nSPS) is 28.9. The molecule has 6 atom stereocenters. The summed E-state index contributed by atoms with van der Waals surface area (Å²) in [6, 6.07) is 1.61. The van der Waals surface area contributed by atoms with Gasteiger partial charge in [0.15, 0.2) is 0 Å². The van der Waals surface area contributed by atoms with Gasteiger partial charge in [-0.05, 0) is 53.9 Å². The van der Waals surface area contributed by atoms with Gasteiger partial charge in [-0.15, -0.1) is 0 Å². The fraction of sp³-hybridized carbons (Fsp3) is 0.630. The second kappa shape index (κ2) is 9.79. The average Bonchev–Trinajstić information content (AvgIpc) is 3.19. The fourth-order valence-corrected chi connectivity index (χ4v) is 8.61. The number of hydrogen-bond acceptors (Lipinski definition) is 6. The third kappa shape index (κ3) is 4.66. The Kier molecular flexibility index (Phi) is 7.32. The number of nitrogens with one attached hydrogen (secondary N) is 2. The van der Waals surface area contributed by atoms with Crippen LogP contribution in [0.5, 0.6) is 0 Å². The van der Waals surface area contributed by atoms with E-state index in [0.29, 0.717) is 13.0 Å². The van der Waals surface area contributed by atoms with E-state index in [-0.39, 0.29) is 29.7 Å². The zero-order chi connectivity index (χ0) is 30.0. The molecule has 1 aromatic carbocycles. The lowest BCUT2D eigenvalue weighted by atomic mass is 9.71. The number of nitrogens with zero attached hydrogens (tertiary/aromatic N) is 1. The smallest absolute Gasteiger partial charge is 0.242 e. The number of amides is 4. The molecule has 4 rings (SSSR count). The minimum absolute atomic E-state index is 0.0605. The van der Waals surface area contributed by atoms with Gasteiger partial charge in [0.2, 0.25) is 33.7 Å². The molecule has 0 spiro atoms. The van der Waals surface area contributed by atoms with Crippen LogP contribution in [0.25, 0.3) is 0 Å². The third-order valence-corrected chi connectivity index (χ3v) is 10.7. The molecule has 3 aliphatic rings. The van der Waals surface area contributed by atoms with Gasteiger partial charge in [-0.3, -0.25) is 19.2 Å². The summed E-state index contributed by atoms with van der Waals surface area (Å²) in [4.78, 5) is 53.6. The highest BCUT2D eigenvalue weighted by atomic mass is 32.2. The summed E-state index contributed by atoms with van der Waals surface area (Å²) in [5.74, 6) is -4.72. The lowest BCUT2D eigenvalue weighted by molar-refractivity contribution is -0.146. The van der Waals surface area contributed by atoms with Gasteiger partial charge in [-0.25, -0.2) is 12.8 Å². The Hall–Kier alpha value is -3.06. The van der Waals surface area contributed by atoms with E-state index < -0.39 is 73.7 Å². The van der Waals surface area contributed by atoms with Crippen molar-refractivity contribution in [2.75, 3.05) is 13.1 Å². The second-order valence-corrected chi connectivity index (χ2v) is 14.6. The highest BCUT2D eigenvalue weighted by molar-refractivity contribution is 7.89. The minimum atomic E-state index is -4.26. The molecule has 3 unspecified atom stereocenters. The zero-order valence-corrected chi connectivity index (χ0v) is 24.2. The average molecular weight is 580 g/mol. The number of primary amides is 2. The van der Waals surface area contributed by atoms with Gasteiger partial charge in [0.1, 0.15) is 17.9 Å². The van der Waals surface area contributed by atoms with Crippen molar-refractivity contribution in [3.63, 3.8) is 0 Å². The van der Waals surface area contributed by atoms with E-state index in [1.54, 1.807) is 20.8 Å². The zero-order valence-electron chi connectivity index (χ0n) is 23.4. The maximum atomic E-state index is 14.1. The highest BCUT2D eigenvalue weighted by Crippen LogP contribution is 2.78. The van der Waals surface area contributed by atoms with E-state index in [4.69, 9.17) is 11.5 Å². The molecule has 1 saturated carbocycles. The van der Waals surface area contributed by atoms with Crippen LogP contribution in [0.1, 0.15) is 47.5 Å². The van der Waals surface area contributed by atoms with Gasteiger partial charge in [0, 0.05) is 30.3 Å². The number of nitrogens with two attached hydrogens (primary N) is 2. The van der Waals surface area contributed by atoms with Gasteiger partial charge >= 0.3 is 0 Å². The van der Waals surface area contributed by atoms with Crippen molar-refractivity contribution in [2.24, 2.45) is 45.5 Å². The number of halogens is 1. The lowest BCUT2D eigenvalue weighted by Gasteiger charge is -2.41.